The van der Waals surface area contributed by atoms with E-state index >= 15 is 0 Å². The van der Waals surface area contributed by atoms with E-state index in [1.165, 1.54) is 30.2 Å². The van der Waals surface area contributed by atoms with Gasteiger partial charge in [-0.05, 0) is 67.8 Å². The molecule has 0 aromatic heterocycles. The Morgan fingerprint density at radius 1 is 0.977 bits per heavy atom. The van der Waals surface area contributed by atoms with Crippen LogP contribution in [-0.4, -0.2) is 51.4 Å². The van der Waals surface area contributed by atoms with Gasteiger partial charge in [0.25, 0.3) is 10.0 Å². The van der Waals surface area contributed by atoms with Crippen molar-refractivity contribution < 1.29 is 35.9 Å². The number of aryl methyl sites for hydroxylation is 1. The Bertz CT molecular complexity index is 1510. The lowest BCUT2D eigenvalue weighted by molar-refractivity contribution is -0.140. The second-order valence-corrected chi connectivity index (χ2v) is 12.2. The maximum Gasteiger partial charge on any atom is 0.416 e. The lowest BCUT2D eigenvalue weighted by Gasteiger charge is -2.33. The third kappa shape index (κ3) is 8.75. The SMILES string of the molecule is CCCCNC(=O)[C@@H](CC)N(Cc1ccc(OC)cc1)C(=O)CN(c1cccc(C(F)(F)F)c1)S(=O)(=O)c1ccc(C)cc1. The molecule has 1 N–H and O–H groups in total. The molecule has 238 valence electrons. The third-order valence-corrected chi connectivity index (χ3v) is 8.86. The van der Waals surface area contributed by atoms with Crippen LogP contribution in [0.25, 0.3) is 0 Å². The highest BCUT2D eigenvalue weighted by molar-refractivity contribution is 7.92. The summed E-state index contributed by atoms with van der Waals surface area (Å²) in [5.74, 6) is -0.586. The van der Waals surface area contributed by atoms with Crippen molar-refractivity contribution in [2.45, 2.75) is 63.7 Å². The van der Waals surface area contributed by atoms with E-state index in [0.717, 1.165) is 30.5 Å². The maximum atomic E-state index is 14.1. The van der Waals surface area contributed by atoms with Gasteiger partial charge in [0.15, 0.2) is 0 Å². The molecule has 0 bridgehead atoms. The van der Waals surface area contributed by atoms with E-state index in [4.69, 9.17) is 4.74 Å². The molecule has 44 heavy (non-hydrogen) atoms. The zero-order valence-electron chi connectivity index (χ0n) is 25.2. The minimum absolute atomic E-state index is 0.0520. The molecule has 0 spiro atoms. The van der Waals surface area contributed by atoms with E-state index in [1.54, 1.807) is 50.2 Å². The number of anilines is 1. The van der Waals surface area contributed by atoms with Crippen LogP contribution in [0.5, 0.6) is 5.75 Å². The summed E-state index contributed by atoms with van der Waals surface area (Å²) in [6.07, 6.45) is -2.96. The number of nitrogens with zero attached hydrogens (tertiary/aromatic N) is 2. The molecule has 3 rings (SSSR count). The number of carbonyl (C=O) groups excluding carboxylic acids is 2. The summed E-state index contributed by atoms with van der Waals surface area (Å²) in [6.45, 7) is 4.97. The van der Waals surface area contributed by atoms with Crippen LogP contribution in [0, 0.1) is 6.92 Å². The van der Waals surface area contributed by atoms with Gasteiger partial charge in [-0.2, -0.15) is 13.2 Å². The molecule has 2 amide bonds. The van der Waals surface area contributed by atoms with Gasteiger partial charge in [0.2, 0.25) is 11.8 Å². The largest absolute Gasteiger partial charge is 0.497 e. The Morgan fingerprint density at radius 3 is 2.20 bits per heavy atom. The molecule has 0 saturated heterocycles. The number of unbranched alkanes of at least 4 members (excludes halogenated alkanes) is 1. The van der Waals surface area contributed by atoms with Crippen molar-refractivity contribution in [2.75, 3.05) is 24.5 Å². The highest BCUT2D eigenvalue weighted by Crippen LogP contribution is 2.33. The Hall–Kier alpha value is -4.06. The van der Waals surface area contributed by atoms with Crippen LogP contribution >= 0.6 is 0 Å². The first kappa shape index (κ1) is 34.4. The van der Waals surface area contributed by atoms with Gasteiger partial charge in [0, 0.05) is 13.1 Å². The molecule has 0 aliphatic heterocycles. The summed E-state index contributed by atoms with van der Waals surface area (Å²) in [7, 11) is -3.00. The Morgan fingerprint density at radius 2 is 1.64 bits per heavy atom. The number of carbonyl (C=O) groups is 2. The number of rotatable bonds is 14. The van der Waals surface area contributed by atoms with Crippen LogP contribution in [0.1, 0.15) is 49.8 Å². The van der Waals surface area contributed by atoms with Gasteiger partial charge in [0.05, 0.1) is 23.3 Å². The first-order valence-corrected chi connectivity index (χ1v) is 15.7. The van der Waals surface area contributed by atoms with Crippen molar-refractivity contribution in [1.82, 2.24) is 10.2 Å². The maximum absolute atomic E-state index is 14.1. The number of hydrogen-bond donors (Lipinski definition) is 1. The summed E-state index contributed by atoms with van der Waals surface area (Å²) >= 11 is 0. The van der Waals surface area contributed by atoms with Crippen LogP contribution in [0.2, 0.25) is 0 Å². The second-order valence-electron chi connectivity index (χ2n) is 10.3. The minimum atomic E-state index is -4.75. The number of methoxy groups -OCH3 is 1. The van der Waals surface area contributed by atoms with E-state index in [0.29, 0.717) is 28.2 Å². The Labute approximate surface area is 256 Å². The third-order valence-electron chi connectivity index (χ3n) is 7.08. The molecule has 1 atom stereocenters. The molecule has 3 aromatic rings. The van der Waals surface area contributed by atoms with Crippen LogP contribution < -0.4 is 14.4 Å². The van der Waals surface area contributed by atoms with Crippen LogP contribution in [0.15, 0.2) is 77.7 Å². The van der Waals surface area contributed by atoms with Crippen molar-refractivity contribution in [3.05, 3.63) is 89.5 Å². The van der Waals surface area contributed by atoms with Crippen molar-refractivity contribution in [1.29, 1.82) is 0 Å². The monoisotopic (exact) mass is 633 g/mol. The molecular weight excluding hydrogens is 595 g/mol. The fourth-order valence-corrected chi connectivity index (χ4v) is 5.96. The smallest absolute Gasteiger partial charge is 0.416 e. The van der Waals surface area contributed by atoms with E-state index in [2.05, 4.69) is 5.32 Å². The first-order valence-electron chi connectivity index (χ1n) is 14.3. The molecule has 12 heteroatoms. The average Bonchev–Trinajstić information content (AvgIpc) is 3.00. The number of amides is 2. The number of sulfonamides is 1. The number of benzene rings is 3. The van der Waals surface area contributed by atoms with Gasteiger partial charge < -0.3 is 15.0 Å². The van der Waals surface area contributed by atoms with E-state index < -0.39 is 46.2 Å². The van der Waals surface area contributed by atoms with Gasteiger partial charge in [-0.1, -0.05) is 56.2 Å². The zero-order chi connectivity index (χ0) is 32.5. The standard InChI is InChI=1S/C32H38F3N3O5S/c1-5-7-19-36-31(40)29(6-2)37(21-24-13-15-27(43-4)16-14-24)30(39)22-38(26-10-8-9-25(20-26)32(33,34)35)44(41,42)28-17-11-23(3)12-18-28/h8-18,20,29H,5-7,19,21-22H2,1-4H3,(H,36,40)/t29-/m1/s1. The van der Waals surface area contributed by atoms with Crippen molar-refractivity contribution >= 4 is 27.5 Å². The zero-order valence-corrected chi connectivity index (χ0v) is 26.0. The number of nitrogens with one attached hydrogen (secondary N) is 1. The lowest BCUT2D eigenvalue weighted by atomic mass is 10.1. The topological polar surface area (TPSA) is 96.0 Å². The van der Waals surface area contributed by atoms with Crippen LogP contribution in [-0.2, 0) is 32.3 Å². The van der Waals surface area contributed by atoms with Gasteiger partial charge >= 0.3 is 6.18 Å². The van der Waals surface area contributed by atoms with Gasteiger partial charge in [-0.25, -0.2) is 8.42 Å². The van der Waals surface area contributed by atoms with E-state index in [1.807, 2.05) is 6.92 Å². The second kappa shape index (κ2) is 15.1. The van der Waals surface area contributed by atoms with Crippen molar-refractivity contribution in [3.8, 4) is 5.75 Å². The number of alkyl halides is 3. The summed E-state index contributed by atoms with van der Waals surface area (Å²) in [4.78, 5) is 28.4. The molecule has 0 aliphatic rings. The fraction of sp³-hybridized carbons (Fsp3) is 0.375. The average molecular weight is 634 g/mol. The number of halogens is 3. The summed E-state index contributed by atoms with van der Waals surface area (Å²) in [5.41, 5.74) is 0.0177. The number of ether oxygens (including phenoxy) is 1. The quantitative estimate of drug-likeness (QED) is 0.222. The fourth-order valence-electron chi connectivity index (χ4n) is 4.56. The molecule has 8 nitrogen and oxygen atoms in total. The van der Waals surface area contributed by atoms with Gasteiger partial charge in [-0.15, -0.1) is 0 Å². The summed E-state index contributed by atoms with van der Waals surface area (Å²) in [5, 5.41) is 2.83. The van der Waals surface area contributed by atoms with Crippen LogP contribution in [0.3, 0.4) is 0 Å². The molecule has 0 unspecified atom stereocenters. The summed E-state index contributed by atoms with van der Waals surface area (Å²) < 4.78 is 74.7. The normalized spacial score (nSPS) is 12.3. The molecular formula is C32H38F3N3O5S. The highest BCUT2D eigenvalue weighted by atomic mass is 32.2. The molecule has 0 radical (unpaired) electrons. The van der Waals surface area contributed by atoms with E-state index in [-0.39, 0.29) is 23.5 Å². The molecule has 0 saturated carbocycles. The Kier molecular flexibility index (Phi) is 11.8. The van der Waals surface area contributed by atoms with Gasteiger partial charge in [0.1, 0.15) is 18.3 Å². The first-order chi connectivity index (χ1) is 20.8. The Balaban J connectivity index is 2.09. The van der Waals surface area contributed by atoms with Crippen molar-refractivity contribution in [2.24, 2.45) is 0 Å². The molecule has 3 aromatic carbocycles. The predicted molar refractivity (Wildman–Crippen MR) is 163 cm³/mol. The molecule has 0 fully saturated rings. The van der Waals surface area contributed by atoms with Crippen molar-refractivity contribution in [3.63, 3.8) is 0 Å². The molecule has 0 heterocycles. The van der Waals surface area contributed by atoms with Gasteiger partial charge in [-0.3, -0.25) is 13.9 Å². The van der Waals surface area contributed by atoms with Crippen LogP contribution in [0.4, 0.5) is 18.9 Å². The minimum Gasteiger partial charge on any atom is -0.497 e. The summed E-state index contributed by atoms with van der Waals surface area (Å²) in [6, 6.07) is 15.5. The number of hydrogen-bond acceptors (Lipinski definition) is 5. The predicted octanol–water partition coefficient (Wildman–Crippen LogP) is 5.94. The van der Waals surface area contributed by atoms with E-state index in [9.17, 15) is 31.2 Å². The molecule has 0 aliphatic carbocycles. The lowest BCUT2D eigenvalue weighted by Crippen LogP contribution is -2.52. The highest BCUT2D eigenvalue weighted by Gasteiger charge is 2.36.